The molecule has 0 spiro atoms. The molecular weight excluding hydrogens is 399 g/mol. The van der Waals surface area contributed by atoms with E-state index in [9.17, 15) is 23.6 Å². The number of hydrogen-bond donors (Lipinski definition) is 1. The van der Waals surface area contributed by atoms with Crippen molar-refractivity contribution in [2.75, 3.05) is 17.8 Å². The summed E-state index contributed by atoms with van der Waals surface area (Å²) in [6.07, 6.45) is 0. The second kappa shape index (κ2) is 8.87. The summed E-state index contributed by atoms with van der Waals surface area (Å²) in [6.45, 7) is 1.07. The molecule has 0 fully saturated rings. The molecule has 1 aliphatic heterocycles. The van der Waals surface area contributed by atoms with Crippen molar-refractivity contribution in [2.24, 2.45) is 0 Å². The number of carbonyl (C=O) groups excluding carboxylic acids is 4. The van der Waals surface area contributed by atoms with Gasteiger partial charge in [-0.1, -0.05) is 12.1 Å². The molecule has 0 saturated carbocycles. The molecule has 9 heteroatoms. The van der Waals surface area contributed by atoms with E-state index in [1.807, 2.05) is 0 Å². The second-order valence-corrected chi connectivity index (χ2v) is 7.51. The first-order chi connectivity index (χ1) is 13.9. The molecule has 7 nitrogen and oxygen atoms in total. The normalized spacial score (nSPS) is 13.8. The predicted octanol–water partition coefficient (Wildman–Crippen LogP) is 2.68. The lowest BCUT2D eigenvalue weighted by Crippen LogP contribution is -2.34. The zero-order chi connectivity index (χ0) is 21.0. The first-order valence-corrected chi connectivity index (χ1v) is 9.70. The number of rotatable bonds is 7. The maximum absolute atomic E-state index is 12.9. The molecule has 0 saturated heterocycles. The molecule has 3 rings (SSSR count). The van der Waals surface area contributed by atoms with Crippen molar-refractivity contribution in [1.29, 1.82) is 0 Å². The van der Waals surface area contributed by atoms with Gasteiger partial charge in [-0.2, -0.15) is 0 Å². The first kappa shape index (κ1) is 20.5. The summed E-state index contributed by atoms with van der Waals surface area (Å²) < 4.78 is 17.9. The van der Waals surface area contributed by atoms with Crippen LogP contribution in [0.2, 0.25) is 0 Å². The van der Waals surface area contributed by atoms with Gasteiger partial charge < -0.3 is 10.1 Å². The van der Waals surface area contributed by atoms with E-state index in [0.717, 1.165) is 16.7 Å². The highest BCUT2D eigenvalue weighted by Gasteiger charge is 2.36. The summed E-state index contributed by atoms with van der Waals surface area (Å²) in [5.41, 5.74) is 0.986. The number of esters is 1. The third-order valence-electron chi connectivity index (χ3n) is 4.14. The summed E-state index contributed by atoms with van der Waals surface area (Å²) in [5.74, 6) is -2.48. The molecule has 1 N–H and O–H groups in total. The van der Waals surface area contributed by atoms with Crippen molar-refractivity contribution < 1.29 is 28.3 Å². The van der Waals surface area contributed by atoms with Crippen LogP contribution in [0.15, 0.2) is 48.5 Å². The number of hydrogen-bond acceptors (Lipinski definition) is 6. The minimum atomic E-state index is -0.691. The lowest BCUT2D eigenvalue weighted by molar-refractivity contribution is -0.145. The summed E-state index contributed by atoms with van der Waals surface area (Å²) in [6, 6.07) is 11.7. The lowest BCUT2D eigenvalue weighted by Gasteiger charge is -2.16. The highest BCUT2D eigenvalue weighted by molar-refractivity contribution is 8.01. The molecule has 2 aromatic rings. The van der Waals surface area contributed by atoms with Crippen LogP contribution in [0, 0.1) is 5.82 Å². The average molecular weight is 416 g/mol. The minimum Gasteiger partial charge on any atom is -0.443 e. The molecule has 0 aliphatic carbocycles. The van der Waals surface area contributed by atoms with Crippen LogP contribution in [0.4, 0.5) is 10.1 Å². The fraction of sp³-hybridized carbons (Fsp3) is 0.200. The van der Waals surface area contributed by atoms with Gasteiger partial charge in [-0.05, 0) is 43.3 Å². The van der Waals surface area contributed by atoms with E-state index in [4.69, 9.17) is 4.74 Å². The number of benzene rings is 2. The Morgan fingerprint density at radius 2 is 1.66 bits per heavy atom. The number of carbonyl (C=O) groups is 4. The number of amides is 3. The molecule has 1 heterocycles. The highest BCUT2D eigenvalue weighted by Crippen LogP contribution is 2.22. The van der Waals surface area contributed by atoms with Gasteiger partial charge in [0.1, 0.15) is 11.1 Å². The minimum absolute atomic E-state index is 0.0271. The largest absolute Gasteiger partial charge is 0.443 e. The van der Waals surface area contributed by atoms with Crippen LogP contribution < -0.4 is 5.32 Å². The highest BCUT2D eigenvalue weighted by atomic mass is 32.2. The topological polar surface area (TPSA) is 92.8 Å². The number of imide groups is 1. The molecule has 1 aliphatic rings. The first-order valence-electron chi connectivity index (χ1n) is 8.65. The number of nitrogens with one attached hydrogen (secondary N) is 1. The Hall–Kier alpha value is -3.20. The van der Waals surface area contributed by atoms with Crippen LogP contribution in [0.1, 0.15) is 27.6 Å². The smallest absolute Gasteiger partial charge is 0.320 e. The quantitative estimate of drug-likeness (QED) is 0.551. The molecule has 1 atom stereocenters. The van der Waals surface area contributed by atoms with E-state index < -0.39 is 35.6 Å². The summed E-state index contributed by atoms with van der Waals surface area (Å²) in [7, 11) is 0. The number of nitrogens with zero attached hydrogens (tertiary/aromatic N) is 1. The van der Waals surface area contributed by atoms with Gasteiger partial charge in [0, 0.05) is 5.69 Å². The van der Waals surface area contributed by atoms with E-state index in [2.05, 4.69) is 5.32 Å². The molecule has 29 heavy (non-hydrogen) atoms. The third-order valence-corrected chi connectivity index (χ3v) is 5.26. The average Bonchev–Trinajstić information content (AvgIpc) is 2.96. The molecule has 3 amide bonds. The number of fused-ring (bicyclic) bond motifs is 1. The van der Waals surface area contributed by atoms with Crippen LogP contribution in [0.3, 0.4) is 0 Å². The molecule has 2 aromatic carbocycles. The Balaban J connectivity index is 1.45. The standard InChI is InChI=1S/C20H17FN2O5S/c1-12(29-10-17(24)22-14-8-6-13(21)7-9-14)20(27)28-11-23-18(25)15-4-2-3-5-16(15)19(23)26/h2-9,12H,10-11H2,1H3,(H,22,24). The van der Waals surface area contributed by atoms with E-state index in [1.165, 1.54) is 36.4 Å². The Kier molecular flexibility index (Phi) is 6.28. The van der Waals surface area contributed by atoms with Crippen molar-refractivity contribution in [2.45, 2.75) is 12.2 Å². The van der Waals surface area contributed by atoms with Crippen LogP contribution in [0.25, 0.3) is 0 Å². The fourth-order valence-corrected chi connectivity index (χ4v) is 3.28. The zero-order valence-electron chi connectivity index (χ0n) is 15.4. The van der Waals surface area contributed by atoms with Crippen LogP contribution in [-0.4, -0.2) is 46.3 Å². The van der Waals surface area contributed by atoms with Crippen molar-refractivity contribution in [3.8, 4) is 0 Å². The SMILES string of the molecule is CC(SCC(=O)Nc1ccc(F)cc1)C(=O)OCN1C(=O)c2ccccc2C1=O. The zero-order valence-corrected chi connectivity index (χ0v) is 16.2. The van der Waals surface area contributed by atoms with Gasteiger partial charge in [0.2, 0.25) is 5.91 Å². The van der Waals surface area contributed by atoms with E-state index >= 15 is 0 Å². The van der Waals surface area contributed by atoms with Gasteiger partial charge in [-0.25, -0.2) is 9.29 Å². The molecule has 1 unspecified atom stereocenters. The Morgan fingerprint density at radius 1 is 1.07 bits per heavy atom. The Bertz CT molecular complexity index is 929. The maximum Gasteiger partial charge on any atom is 0.320 e. The predicted molar refractivity (Wildman–Crippen MR) is 105 cm³/mol. The van der Waals surface area contributed by atoms with Gasteiger partial charge in [-0.15, -0.1) is 11.8 Å². The van der Waals surface area contributed by atoms with Crippen molar-refractivity contribution in [3.05, 3.63) is 65.5 Å². The Morgan fingerprint density at radius 3 is 2.24 bits per heavy atom. The number of halogens is 1. The van der Waals surface area contributed by atoms with E-state index in [1.54, 1.807) is 19.1 Å². The molecule has 0 aromatic heterocycles. The summed E-state index contributed by atoms with van der Waals surface area (Å²) >= 11 is 1.04. The monoisotopic (exact) mass is 416 g/mol. The van der Waals surface area contributed by atoms with Gasteiger partial charge in [0.05, 0.1) is 16.9 Å². The number of anilines is 1. The number of ether oxygens (including phenoxy) is 1. The van der Waals surface area contributed by atoms with Crippen LogP contribution >= 0.6 is 11.8 Å². The van der Waals surface area contributed by atoms with Gasteiger partial charge >= 0.3 is 5.97 Å². The van der Waals surface area contributed by atoms with Crippen molar-refractivity contribution >= 4 is 41.1 Å². The van der Waals surface area contributed by atoms with E-state index in [0.29, 0.717) is 5.69 Å². The third kappa shape index (κ3) is 4.80. The summed E-state index contributed by atoms with van der Waals surface area (Å²) in [5, 5.41) is 1.90. The van der Waals surface area contributed by atoms with Gasteiger partial charge in [0.15, 0.2) is 6.73 Å². The molecule has 0 radical (unpaired) electrons. The fourth-order valence-electron chi connectivity index (χ4n) is 2.60. The van der Waals surface area contributed by atoms with Crippen molar-refractivity contribution in [1.82, 2.24) is 4.90 Å². The van der Waals surface area contributed by atoms with Gasteiger partial charge in [0.25, 0.3) is 11.8 Å². The molecule has 150 valence electrons. The van der Waals surface area contributed by atoms with Crippen LogP contribution in [0.5, 0.6) is 0 Å². The maximum atomic E-state index is 12.9. The Labute approximate surface area is 170 Å². The second-order valence-electron chi connectivity index (χ2n) is 6.18. The summed E-state index contributed by atoms with van der Waals surface area (Å²) in [4.78, 5) is 49.4. The molecular formula is C20H17FN2O5S. The van der Waals surface area contributed by atoms with Crippen molar-refractivity contribution in [3.63, 3.8) is 0 Å². The van der Waals surface area contributed by atoms with E-state index in [-0.39, 0.29) is 22.8 Å². The van der Waals surface area contributed by atoms with Gasteiger partial charge in [-0.3, -0.25) is 19.2 Å². The van der Waals surface area contributed by atoms with Crippen LogP contribution in [-0.2, 0) is 14.3 Å². The number of thioether (sulfide) groups is 1. The lowest BCUT2D eigenvalue weighted by atomic mass is 10.1. The molecule has 0 bridgehead atoms.